The molecule has 0 radical (unpaired) electrons. The van der Waals surface area contributed by atoms with E-state index in [-0.39, 0.29) is 24.4 Å². The number of carboxylic acid groups (broad SMARTS) is 1. The normalized spacial score (nSPS) is 18.9. The Morgan fingerprint density at radius 3 is 2.28 bits per heavy atom. The predicted molar refractivity (Wildman–Crippen MR) is 97.9 cm³/mol. The first-order valence-electron chi connectivity index (χ1n) is 9.18. The number of halogens is 6. The monoisotopic (exact) mass is 475 g/mol. The molecule has 2 rings (SSSR count). The first kappa shape index (κ1) is 27.3. The zero-order valence-electron chi connectivity index (χ0n) is 17.3. The predicted octanol–water partition coefficient (Wildman–Crippen LogP) is 2.74. The van der Waals surface area contributed by atoms with Gasteiger partial charge in [-0.25, -0.2) is 9.78 Å². The van der Waals surface area contributed by atoms with Crippen LogP contribution in [0.25, 0.3) is 0 Å². The summed E-state index contributed by atoms with van der Waals surface area (Å²) in [4.78, 5) is 25.1. The number of amides is 1. The lowest BCUT2D eigenvalue weighted by molar-refractivity contribution is -0.275. The number of aliphatic carboxylic acids is 1. The number of carboxylic acids is 1. The smallest absolute Gasteiger partial charge is 0.475 e. The zero-order valence-corrected chi connectivity index (χ0v) is 17.3. The van der Waals surface area contributed by atoms with Crippen LogP contribution in [-0.2, 0) is 9.59 Å². The average molecular weight is 475 g/mol. The van der Waals surface area contributed by atoms with E-state index in [1.54, 1.807) is 13.8 Å². The molecule has 0 aliphatic carbocycles. The van der Waals surface area contributed by atoms with Crippen molar-refractivity contribution in [2.75, 3.05) is 19.7 Å². The maximum absolute atomic E-state index is 12.5. The quantitative estimate of drug-likeness (QED) is 0.543. The van der Waals surface area contributed by atoms with E-state index in [9.17, 15) is 31.1 Å². The van der Waals surface area contributed by atoms with Gasteiger partial charge >= 0.3 is 18.5 Å². The number of ether oxygens (including phenoxy) is 2. The van der Waals surface area contributed by atoms with E-state index >= 15 is 0 Å². The summed E-state index contributed by atoms with van der Waals surface area (Å²) >= 11 is 0. The maximum atomic E-state index is 12.5. The van der Waals surface area contributed by atoms with Gasteiger partial charge in [0.2, 0.25) is 5.91 Å². The summed E-state index contributed by atoms with van der Waals surface area (Å²) in [7, 11) is 0. The third-order valence-electron chi connectivity index (χ3n) is 4.22. The molecule has 2 heterocycles. The standard InChI is InChI=1S/C16H22F3N3O3.C2HF3O2/c1-10-7-20-8-11(10)22-14(23)15(2,3)9-24-13-12(5-4-6-21-13)25-16(17,18)19;3-2(4,5)1(6)7/h4-6,10-11,20H,7-9H2,1-3H3,(H,22,23);(H,6,7)/t10-,11-;/m1./s1. The highest BCUT2D eigenvalue weighted by molar-refractivity contribution is 5.82. The van der Waals surface area contributed by atoms with Crippen molar-refractivity contribution in [3.63, 3.8) is 0 Å². The molecule has 14 heteroatoms. The molecule has 182 valence electrons. The number of hydrogen-bond acceptors (Lipinski definition) is 6. The molecular weight excluding hydrogens is 452 g/mol. The van der Waals surface area contributed by atoms with Crippen LogP contribution in [0.2, 0.25) is 0 Å². The van der Waals surface area contributed by atoms with Gasteiger partial charge in [0.15, 0.2) is 5.75 Å². The van der Waals surface area contributed by atoms with Crippen molar-refractivity contribution in [1.29, 1.82) is 0 Å². The fraction of sp³-hybridized carbons (Fsp3) is 0.611. The molecule has 3 N–H and O–H groups in total. The molecule has 1 aliphatic rings. The van der Waals surface area contributed by atoms with Crippen molar-refractivity contribution < 1.29 is 50.5 Å². The molecule has 1 aliphatic heterocycles. The lowest BCUT2D eigenvalue weighted by Gasteiger charge is -2.27. The van der Waals surface area contributed by atoms with Crippen LogP contribution in [-0.4, -0.2) is 60.2 Å². The molecule has 8 nitrogen and oxygen atoms in total. The van der Waals surface area contributed by atoms with Crippen LogP contribution in [0.15, 0.2) is 18.3 Å². The molecule has 0 saturated carbocycles. The van der Waals surface area contributed by atoms with Gasteiger partial charge in [0, 0.05) is 18.8 Å². The lowest BCUT2D eigenvalue weighted by Crippen LogP contribution is -2.48. The minimum atomic E-state index is -5.08. The Hall–Kier alpha value is -2.77. The van der Waals surface area contributed by atoms with Gasteiger partial charge in [0.1, 0.15) is 6.61 Å². The Kier molecular flexibility index (Phi) is 9.12. The fourth-order valence-electron chi connectivity index (χ4n) is 2.37. The zero-order chi connectivity index (χ0) is 24.7. The highest BCUT2D eigenvalue weighted by Crippen LogP contribution is 2.31. The molecular formula is C18H23F6N3O5. The van der Waals surface area contributed by atoms with Crippen LogP contribution >= 0.6 is 0 Å². The van der Waals surface area contributed by atoms with Crippen molar-refractivity contribution in [2.24, 2.45) is 11.3 Å². The average Bonchev–Trinajstić information content (AvgIpc) is 3.04. The van der Waals surface area contributed by atoms with Gasteiger partial charge in [-0.2, -0.15) is 13.2 Å². The second kappa shape index (κ2) is 10.7. The van der Waals surface area contributed by atoms with Crippen LogP contribution in [0.1, 0.15) is 20.8 Å². The Bertz CT molecular complexity index is 785. The van der Waals surface area contributed by atoms with Crippen LogP contribution in [0.4, 0.5) is 26.3 Å². The van der Waals surface area contributed by atoms with Crippen LogP contribution in [0.5, 0.6) is 11.6 Å². The molecule has 1 fully saturated rings. The number of rotatable bonds is 6. The molecule has 1 aromatic rings. The highest BCUT2D eigenvalue weighted by atomic mass is 19.4. The van der Waals surface area contributed by atoms with Gasteiger partial charge in [-0.15, -0.1) is 13.2 Å². The second-order valence-corrected chi connectivity index (χ2v) is 7.55. The Morgan fingerprint density at radius 2 is 1.81 bits per heavy atom. The SMILES string of the molecule is C[C@@H]1CNC[C@H]1NC(=O)C(C)(C)COc1ncccc1OC(F)(F)F.O=C(O)C(F)(F)F. The summed E-state index contributed by atoms with van der Waals surface area (Å²) in [5, 5.41) is 13.3. The topological polar surface area (TPSA) is 110 Å². The minimum absolute atomic E-state index is 0.0192. The number of carbonyl (C=O) groups is 2. The van der Waals surface area contributed by atoms with Crippen LogP contribution in [0, 0.1) is 11.3 Å². The van der Waals surface area contributed by atoms with Gasteiger partial charge < -0.3 is 25.2 Å². The van der Waals surface area contributed by atoms with Crippen LogP contribution < -0.4 is 20.1 Å². The summed E-state index contributed by atoms with van der Waals surface area (Å²) in [5.74, 6) is -3.53. The first-order chi connectivity index (χ1) is 14.5. The van der Waals surface area contributed by atoms with Crippen molar-refractivity contribution in [3.05, 3.63) is 18.3 Å². The summed E-state index contributed by atoms with van der Waals surface area (Å²) in [6.07, 6.45) is -8.64. The van der Waals surface area contributed by atoms with Gasteiger partial charge in [-0.05, 0) is 38.4 Å². The number of nitrogens with zero attached hydrogens (tertiary/aromatic N) is 1. The molecule has 0 aromatic carbocycles. The van der Waals surface area contributed by atoms with E-state index in [0.717, 1.165) is 12.6 Å². The second-order valence-electron chi connectivity index (χ2n) is 7.55. The highest BCUT2D eigenvalue weighted by Gasteiger charge is 2.38. The molecule has 1 saturated heterocycles. The number of alkyl halides is 6. The van der Waals surface area contributed by atoms with Gasteiger partial charge in [0.05, 0.1) is 5.41 Å². The molecule has 0 bridgehead atoms. The van der Waals surface area contributed by atoms with Crippen molar-refractivity contribution >= 4 is 11.9 Å². The molecule has 32 heavy (non-hydrogen) atoms. The van der Waals surface area contributed by atoms with E-state index in [0.29, 0.717) is 12.5 Å². The molecule has 0 spiro atoms. The third-order valence-corrected chi connectivity index (χ3v) is 4.22. The van der Waals surface area contributed by atoms with Gasteiger partial charge in [-0.3, -0.25) is 4.79 Å². The Balaban J connectivity index is 0.000000633. The molecule has 2 atom stereocenters. The number of carbonyl (C=O) groups excluding carboxylic acids is 1. The Morgan fingerprint density at radius 1 is 1.22 bits per heavy atom. The third kappa shape index (κ3) is 9.16. The largest absolute Gasteiger partial charge is 0.573 e. The van der Waals surface area contributed by atoms with E-state index < -0.39 is 29.7 Å². The molecule has 0 unspecified atom stereocenters. The number of aromatic nitrogens is 1. The number of hydrogen-bond donors (Lipinski definition) is 3. The maximum Gasteiger partial charge on any atom is 0.573 e. The summed E-state index contributed by atoms with van der Waals surface area (Å²) < 4.78 is 78.2. The number of pyridine rings is 1. The summed E-state index contributed by atoms with van der Waals surface area (Å²) in [6.45, 7) is 6.72. The summed E-state index contributed by atoms with van der Waals surface area (Å²) in [5.41, 5.74) is -0.949. The summed E-state index contributed by atoms with van der Waals surface area (Å²) in [6, 6.07) is 2.43. The van der Waals surface area contributed by atoms with E-state index in [1.807, 2.05) is 6.92 Å². The molecule has 1 amide bonds. The van der Waals surface area contributed by atoms with E-state index in [4.69, 9.17) is 14.6 Å². The van der Waals surface area contributed by atoms with E-state index in [2.05, 4.69) is 20.4 Å². The van der Waals surface area contributed by atoms with Gasteiger partial charge in [-0.1, -0.05) is 6.92 Å². The minimum Gasteiger partial charge on any atom is -0.475 e. The lowest BCUT2D eigenvalue weighted by atomic mass is 9.92. The van der Waals surface area contributed by atoms with Crippen molar-refractivity contribution in [2.45, 2.75) is 39.4 Å². The van der Waals surface area contributed by atoms with Crippen molar-refractivity contribution in [1.82, 2.24) is 15.6 Å². The van der Waals surface area contributed by atoms with Crippen LogP contribution in [0.3, 0.4) is 0 Å². The molecule has 1 aromatic heterocycles. The fourth-order valence-corrected chi connectivity index (χ4v) is 2.37. The van der Waals surface area contributed by atoms with Gasteiger partial charge in [0.25, 0.3) is 5.88 Å². The first-order valence-corrected chi connectivity index (χ1v) is 9.18. The number of nitrogens with one attached hydrogen (secondary N) is 2. The Labute approximate surface area is 179 Å². The van der Waals surface area contributed by atoms with Crippen molar-refractivity contribution in [3.8, 4) is 11.6 Å². The van der Waals surface area contributed by atoms with E-state index in [1.165, 1.54) is 12.3 Å².